The van der Waals surface area contributed by atoms with Gasteiger partial charge < -0.3 is 29.2 Å². The number of hydrogen-bond donors (Lipinski definition) is 2. The predicted octanol–water partition coefficient (Wildman–Crippen LogP) is 6.17. The van der Waals surface area contributed by atoms with E-state index in [4.69, 9.17) is 18.9 Å². The van der Waals surface area contributed by atoms with E-state index in [1.807, 2.05) is 60.7 Å². The predicted molar refractivity (Wildman–Crippen MR) is 150 cm³/mol. The van der Waals surface area contributed by atoms with Crippen LogP contribution in [0.4, 0.5) is 0 Å². The Kier molecular flexibility index (Phi) is 14.9. The Balaban J connectivity index is 1.45. The van der Waals surface area contributed by atoms with Crippen LogP contribution >= 0.6 is 0 Å². The van der Waals surface area contributed by atoms with Gasteiger partial charge in [-0.15, -0.1) is 0 Å². The molecule has 0 aromatic heterocycles. The molecule has 212 valence electrons. The van der Waals surface area contributed by atoms with Gasteiger partial charge in [-0.25, -0.2) is 0 Å². The summed E-state index contributed by atoms with van der Waals surface area (Å²) < 4.78 is 24.1. The highest BCUT2D eigenvalue weighted by Gasteiger charge is 2.46. The van der Waals surface area contributed by atoms with E-state index >= 15 is 0 Å². The van der Waals surface area contributed by atoms with Gasteiger partial charge in [-0.1, -0.05) is 125 Å². The molecule has 0 saturated carbocycles. The van der Waals surface area contributed by atoms with Crippen LogP contribution in [0.15, 0.2) is 60.7 Å². The molecule has 2 aromatic carbocycles. The first-order valence-electron chi connectivity index (χ1n) is 14.6. The summed E-state index contributed by atoms with van der Waals surface area (Å²) in [6.45, 7) is 3.62. The van der Waals surface area contributed by atoms with Crippen molar-refractivity contribution in [3.63, 3.8) is 0 Å². The summed E-state index contributed by atoms with van der Waals surface area (Å²) in [5.41, 5.74) is 2.02. The van der Waals surface area contributed by atoms with E-state index in [-0.39, 0.29) is 6.61 Å². The zero-order chi connectivity index (χ0) is 26.8. The maximum absolute atomic E-state index is 11.0. The molecule has 6 nitrogen and oxygen atoms in total. The lowest BCUT2D eigenvalue weighted by Crippen LogP contribution is -2.60. The molecule has 1 saturated heterocycles. The van der Waals surface area contributed by atoms with E-state index in [2.05, 4.69) is 6.92 Å². The number of aliphatic hydroxyl groups excluding tert-OH is 2. The zero-order valence-electron chi connectivity index (χ0n) is 23.1. The number of benzene rings is 2. The van der Waals surface area contributed by atoms with Gasteiger partial charge in [-0.05, 0) is 17.5 Å². The van der Waals surface area contributed by atoms with Crippen LogP contribution < -0.4 is 0 Å². The molecule has 38 heavy (non-hydrogen) atoms. The topological polar surface area (TPSA) is 77.4 Å². The lowest BCUT2D eigenvalue weighted by molar-refractivity contribution is -0.313. The highest BCUT2D eigenvalue weighted by Crippen LogP contribution is 2.26. The average molecular weight is 529 g/mol. The third kappa shape index (κ3) is 11.1. The second-order valence-corrected chi connectivity index (χ2v) is 10.3. The summed E-state index contributed by atoms with van der Waals surface area (Å²) in [5, 5.41) is 21.7. The van der Waals surface area contributed by atoms with Gasteiger partial charge in [0.15, 0.2) is 6.29 Å². The van der Waals surface area contributed by atoms with Crippen LogP contribution in [0.3, 0.4) is 0 Å². The fourth-order valence-corrected chi connectivity index (χ4v) is 4.78. The second kappa shape index (κ2) is 18.5. The first-order chi connectivity index (χ1) is 18.7. The summed E-state index contributed by atoms with van der Waals surface area (Å²) in [6, 6.07) is 19.6. The van der Waals surface area contributed by atoms with Gasteiger partial charge in [-0.2, -0.15) is 0 Å². The Labute approximate surface area is 229 Å². The molecular formula is C32H48O6. The smallest absolute Gasteiger partial charge is 0.186 e. The number of rotatable bonds is 19. The van der Waals surface area contributed by atoms with E-state index in [1.54, 1.807) is 0 Å². The summed E-state index contributed by atoms with van der Waals surface area (Å²) in [5.74, 6) is 0. The summed E-state index contributed by atoms with van der Waals surface area (Å²) in [4.78, 5) is 0. The third-order valence-corrected chi connectivity index (χ3v) is 7.10. The number of ether oxygens (including phenoxy) is 4. The van der Waals surface area contributed by atoms with Crippen LogP contribution in [-0.4, -0.2) is 54.1 Å². The van der Waals surface area contributed by atoms with Crippen LogP contribution in [0.5, 0.6) is 0 Å². The van der Waals surface area contributed by atoms with Crippen molar-refractivity contribution in [1.29, 1.82) is 0 Å². The summed E-state index contributed by atoms with van der Waals surface area (Å²) in [6.07, 6.45) is 7.93. The van der Waals surface area contributed by atoms with Gasteiger partial charge in [0.05, 0.1) is 19.8 Å². The van der Waals surface area contributed by atoms with Gasteiger partial charge >= 0.3 is 0 Å². The lowest BCUT2D eigenvalue weighted by atomic mass is 9.99. The SMILES string of the molecule is CCCCCCCCCCCCO[C@@H]1O[C@H](COCc2ccccc2)[C@H](O)[C@H](O)[C@H]1OCc1ccccc1. The number of unbranched alkanes of at least 4 members (excludes halogenated alkanes) is 9. The van der Waals surface area contributed by atoms with E-state index < -0.39 is 30.7 Å². The molecule has 0 spiro atoms. The largest absolute Gasteiger partial charge is 0.387 e. The maximum Gasteiger partial charge on any atom is 0.186 e. The van der Waals surface area contributed by atoms with Crippen molar-refractivity contribution < 1.29 is 29.2 Å². The minimum atomic E-state index is -1.14. The van der Waals surface area contributed by atoms with Gasteiger partial charge in [0, 0.05) is 6.61 Å². The van der Waals surface area contributed by atoms with Crippen LogP contribution in [0.1, 0.15) is 82.3 Å². The van der Waals surface area contributed by atoms with Crippen molar-refractivity contribution >= 4 is 0 Å². The minimum absolute atomic E-state index is 0.149. The summed E-state index contributed by atoms with van der Waals surface area (Å²) >= 11 is 0. The Morgan fingerprint density at radius 3 is 1.82 bits per heavy atom. The molecule has 1 aliphatic rings. The van der Waals surface area contributed by atoms with Crippen molar-refractivity contribution in [2.45, 2.75) is 115 Å². The minimum Gasteiger partial charge on any atom is -0.387 e. The molecule has 6 heteroatoms. The van der Waals surface area contributed by atoms with Gasteiger partial charge in [0.1, 0.15) is 24.4 Å². The monoisotopic (exact) mass is 528 g/mol. The average Bonchev–Trinajstić information content (AvgIpc) is 2.95. The maximum atomic E-state index is 11.0. The molecule has 0 amide bonds. The molecule has 0 unspecified atom stereocenters. The number of aliphatic hydroxyl groups is 2. The van der Waals surface area contributed by atoms with Crippen molar-refractivity contribution in [1.82, 2.24) is 0 Å². The molecule has 0 bridgehead atoms. The fourth-order valence-electron chi connectivity index (χ4n) is 4.78. The van der Waals surface area contributed by atoms with E-state index in [0.717, 1.165) is 24.0 Å². The van der Waals surface area contributed by atoms with E-state index in [1.165, 1.54) is 51.4 Å². The molecule has 0 radical (unpaired) electrons. The van der Waals surface area contributed by atoms with Crippen LogP contribution in [0.25, 0.3) is 0 Å². The van der Waals surface area contributed by atoms with Crippen molar-refractivity contribution in [2.75, 3.05) is 13.2 Å². The molecule has 3 rings (SSSR count). The van der Waals surface area contributed by atoms with Gasteiger partial charge in [0.25, 0.3) is 0 Å². The normalized spacial score (nSPS) is 23.5. The van der Waals surface area contributed by atoms with Crippen LogP contribution in [0.2, 0.25) is 0 Å². The summed E-state index contributed by atoms with van der Waals surface area (Å²) in [7, 11) is 0. The van der Waals surface area contributed by atoms with Gasteiger partial charge in [-0.3, -0.25) is 0 Å². The Morgan fingerprint density at radius 2 is 1.21 bits per heavy atom. The fraction of sp³-hybridized carbons (Fsp3) is 0.625. The van der Waals surface area contributed by atoms with Crippen molar-refractivity contribution in [3.05, 3.63) is 71.8 Å². The standard InChI is InChI=1S/C32H48O6/c1-2-3-4-5-6-7-8-9-10-17-22-36-32-31(37-24-27-20-15-12-16-21-27)30(34)29(33)28(38-32)25-35-23-26-18-13-11-14-19-26/h11-16,18-21,28-34H,2-10,17,22-25H2,1H3/t28-,29+,30+,31-,32-/m1/s1. The lowest BCUT2D eigenvalue weighted by Gasteiger charge is -2.42. The second-order valence-electron chi connectivity index (χ2n) is 10.3. The molecule has 2 aromatic rings. The first-order valence-corrected chi connectivity index (χ1v) is 14.6. The van der Waals surface area contributed by atoms with Crippen LogP contribution in [0, 0.1) is 0 Å². The molecule has 0 aliphatic carbocycles. The Hall–Kier alpha value is -1.80. The van der Waals surface area contributed by atoms with Crippen molar-refractivity contribution in [2.24, 2.45) is 0 Å². The zero-order valence-corrected chi connectivity index (χ0v) is 23.1. The Bertz CT molecular complexity index is 830. The third-order valence-electron chi connectivity index (χ3n) is 7.10. The highest BCUT2D eigenvalue weighted by atomic mass is 16.7. The molecule has 1 fully saturated rings. The quantitative estimate of drug-likeness (QED) is 0.212. The van der Waals surface area contributed by atoms with Crippen molar-refractivity contribution in [3.8, 4) is 0 Å². The molecular weight excluding hydrogens is 480 g/mol. The van der Waals surface area contributed by atoms with Gasteiger partial charge in [0.2, 0.25) is 0 Å². The van der Waals surface area contributed by atoms with E-state index in [0.29, 0.717) is 19.8 Å². The molecule has 5 atom stereocenters. The first kappa shape index (κ1) is 30.7. The van der Waals surface area contributed by atoms with Crippen LogP contribution in [-0.2, 0) is 32.2 Å². The molecule has 2 N–H and O–H groups in total. The highest BCUT2D eigenvalue weighted by molar-refractivity contribution is 5.14. The van der Waals surface area contributed by atoms with E-state index in [9.17, 15) is 10.2 Å². The molecule has 1 aliphatic heterocycles. The Morgan fingerprint density at radius 1 is 0.658 bits per heavy atom. The molecule has 1 heterocycles. The number of hydrogen-bond acceptors (Lipinski definition) is 6.